The number of hydrogen-bond donors (Lipinski definition) is 1. The van der Waals surface area contributed by atoms with Gasteiger partial charge in [-0.25, -0.2) is 0 Å². The van der Waals surface area contributed by atoms with Gasteiger partial charge in [-0.3, -0.25) is 4.79 Å². The van der Waals surface area contributed by atoms with Gasteiger partial charge in [0.25, 0.3) is 5.91 Å². The van der Waals surface area contributed by atoms with Crippen molar-refractivity contribution in [3.05, 3.63) is 65.5 Å². The molecule has 2 N–H and O–H groups in total. The van der Waals surface area contributed by atoms with E-state index in [4.69, 9.17) is 5.73 Å². The molecule has 3 nitrogen and oxygen atoms in total. The summed E-state index contributed by atoms with van der Waals surface area (Å²) >= 11 is 1.40. The van der Waals surface area contributed by atoms with Crippen molar-refractivity contribution in [1.82, 2.24) is 4.90 Å². The fourth-order valence-corrected chi connectivity index (χ4v) is 3.32. The minimum atomic E-state index is -0.0640. The number of hydrogen-bond acceptors (Lipinski definition) is 3. The molecule has 0 atom stereocenters. The Morgan fingerprint density at radius 3 is 2.09 bits per heavy atom. The van der Waals surface area contributed by atoms with Crippen LogP contribution in [0.5, 0.6) is 0 Å². The van der Waals surface area contributed by atoms with Crippen molar-refractivity contribution in [2.45, 2.75) is 0 Å². The fraction of sp³-hybridized carbons (Fsp3) is 0.105. The van der Waals surface area contributed by atoms with Crippen LogP contribution < -0.4 is 5.73 Å². The summed E-state index contributed by atoms with van der Waals surface area (Å²) in [6.45, 7) is 0. The molecule has 0 fully saturated rings. The monoisotopic (exact) mass is 322 g/mol. The molecule has 1 heterocycles. The predicted octanol–water partition coefficient (Wildman–Crippen LogP) is 4.37. The lowest BCUT2D eigenvalue weighted by molar-refractivity contribution is 0.0830. The molecule has 0 bridgehead atoms. The van der Waals surface area contributed by atoms with Gasteiger partial charge in [-0.2, -0.15) is 0 Å². The minimum absolute atomic E-state index is 0.0640. The van der Waals surface area contributed by atoms with Crippen molar-refractivity contribution in [3.63, 3.8) is 0 Å². The fourth-order valence-electron chi connectivity index (χ4n) is 2.50. The number of anilines is 1. The number of carbonyl (C=O) groups excluding carboxylic acids is 1. The first-order valence-electron chi connectivity index (χ1n) is 7.32. The van der Waals surface area contributed by atoms with E-state index in [1.54, 1.807) is 19.0 Å². The third-order valence-electron chi connectivity index (χ3n) is 3.74. The third-order valence-corrected chi connectivity index (χ3v) is 4.55. The van der Waals surface area contributed by atoms with E-state index < -0.39 is 0 Å². The molecule has 0 aliphatic carbocycles. The van der Waals surface area contributed by atoms with Gasteiger partial charge in [-0.15, -0.1) is 11.3 Å². The predicted molar refractivity (Wildman–Crippen MR) is 97.6 cm³/mol. The van der Waals surface area contributed by atoms with Crippen molar-refractivity contribution < 1.29 is 4.79 Å². The van der Waals surface area contributed by atoms with Gasteiger partial charge >= 0.3 is 0 Å². The van der Waals surface area contributed by atoms with Crippen molar-refractivity contribution >= 4 is 22.2 Å². The number of thiophene rings is 1. The highest BCUT2D eigenvalue weighted by atomic mass is 32.1. The van der Waals surface area contributed by atoms with Gasteiger partial charge in [0.2, 0.25) is 0 Å². The molecule has 1 aromatic heterocycles. The van der Waals surface area contributed by atoms with Gasteiger partial charge in [0.1, 0.15) is 0 Å². The summed E-state index contributed by atoms with van der Waals surface area (Å²) in [5.41, 5.74) is 10.8. The Balaban J connectivity index is 1.99. The van der Waals surface area contributed by atoms with E-state index in [9.17, 15) is 4.79 Å². The molecule has 4 heteroatoms. The summed E-state index contributed by atoms with van der Waals surface area (Å²) in [5, 5.41) is 2.51. The van der Waals surface area contributed by atoms with E-state index in [2.05, 4.69) is 24.3 Å². The van der Waals surface area contributed by atoms with Crippen LogP contribution in [0, 0.1) is 0 Å². The Labute approximate surface area is 140 Å². The van der Waals surface area contributed by atoms with E-state index in [1.807, 2.05) is 35.7 Å². The first-order valence-corrected chi connectivity index (χ1v) is 8.20. The van der Waals surface area contributed by atoms with Gasteiger partial charge in [-0.1, -0.05) is 54.6 Å². The lowest BCUT2D eigenvalue weighted by Gasteiger charge is -2.12. The van der Waals surface area contributed by atoms with Gasteiger partial charge in [0.15, 0.2) is 0 Å². The van der Waals surface area contributed by atoms with Crippen molar-refractivity contribution in [1.29, 1.82) is 0 Å². The number of benzene rings is 2. The molecule has 0 spiro atoms. The van der Waals surface area contributed by atoms with E-state index in [-0.39, 0.29) is 5.91 Å². The van der Waals surface area contributed by atoms with E-state index in [0.717, 1.165) is 16.7 Å². The molecule has 2 aromatic carbocycles. The van der Waals surface area contributed by atoms with E-state index >= 15 is 0 Å². The number of nitrogens with two attached hydrogens (primary N) is 1. The quantitative estimate of drug-likeness (QED) is 0.778. The third kappa shape index (κ3) is 2.98. The van der Waals surface area contributed by atoms with Crippen LogP contribution in [-0.4, -0.2) is 24.9 Å². The lowest BCUT2D eigenvalue weighted by atomic mass is 9.99. The molecular weight excluding hydrogens is 304 g/mol. The second kappa shape index (κ2) is 6.26. The number of amides is 1. The number of carbonyl (C=O) groups is 1. The van der Waals surface area contributed by atoms with E-state index in [1.165, 1.54) is 16.9 Å². The molecule has 116 valence electrons. The first kappa shape index (κ1) is 15.3. The highest BCUT2D eigenvalue weighted by molar-refractivity contribution is 7.15. The molecule has 0 unspecified atom stereocenters. The highest BCUT2D eigenvalue weighted by Crippen LogP contribution is 2.35. The molecule has 3 aromatic rings. The molecule has 3 rings (SSSR count). The Kier molecular flexibility index (Phi) is 4.17. The highest BCUT2D eigenvalue weighted by Gasteiger charge is 2.20. The maximum atomic E-state index is 12.4. The maximum Gasteiger partial charge on any atom is 0.256 e. The maximum absolute atomic E-state index is 12.4. The molecular formula is C19H18N2OS. The van der Waals surface area contributed by atoms with Crippen LogP contribution in [0.2, 0.25) is 0 Å². The SMILES string of the molecule is CN(C)C(=O)c1c(-c2ccc(-c3ccccc3)cc2)csc1N. The Morgan fingerprint density at radius 1 is 0.913 bits per heavy atom. The summed E-state index contributed by atoms with van der Waals surface area (Å²) in [6, 6.07) is 18.4. The minimum Gasteiger partial charge on any atom is -0.390 e. The number of nitrogen functional groups attached to an aromatic ring is 1. The lowest BCUT2D eigenvalue weighted by Crippen LogP contribution is -2.22. The molecule has 0 aliphatic rings. The van der Waals surface area contributed by atoms with Gasteiger partial charge in [0, 0.05) is 25.0 Å². The van der Waals surface area contributed by atoms with Crippen molar-refractivity contribution in [2.75, 3.05) is 19.8 Å². The first-order chi connectivity index (χ1) is 11.1. The summed E-state index contributed by atoms with van der Waals surface area (Å²) in [6.07, 6.45) is 0. The van der Waals surface area contributed by atoms with Crippen LogP contribution in [0.25, 0.3) is 22.3 Å². The van der Waals surface area contributed by atoms with Crippen LogP contribution in [-0.2, 0) is 0 Å². The topological polar surface area (TPSA) is 46.3 Å². The van der Waals surface area contributed by atoms with Crippen LogP contribution in [0.3, 0.4) is 0 Å². The molecule has 1 amide bonds. The number of nitrogens with zero attached hydrogens (tertiary/aromatic N) is 1. The molecule has 23 heavy (non-hydrogen) atoms. The summed E-state index contributed by atoms with van der Waals surface area (Å²) in [4.78, 5) is 13.9. The second-order valence-corrected chi connectivity index (χ2v) is 6.44. The zero-order chi connectivity index (χ0) is 16.4. The van der Waals surface area contributed by atoms with Crippen LogP contribution in [0.15, 0.2) is 60.0 Å². The van der Waals surface area contributed by atoms with Gasteiger partial charge in [-0.05, 0) is 16.7 Å². The summed E-state index contributed by atoms with van der Waals surface area (Å²) in [7, 11) is 3.48. The summed E-state index contributed by atoms with van der Waals surface area (Å²) in [5.74, 6) is -0.0640. The van der Waals surface area contributed by atoms with Gasteiger partial charge in [0.05, 0.1) is 10.6 Å². The number of rotatable bonds is 3. The zero-order valence-electron chi connectivity index (χ0n) is 13.1. The van der Waals surface area contributed by atoms with E-state index in [0.29, 0.717) is 10.6 Å². The Bertz CT molecular complexity index is 820. The molecule has 0 saturated carbocycles. The Morgan fingerprint density at radius 2 is 1.48 bits per heavy atom. The standard InChI is InChI=1S/C19H18N2OS/c1-21(2)19(22)17-16(12-23-18(17)20)15-10-8-14(9-11-15)13-6-4-3-5-7-13/h3-12H,20H2,1-2H3. The average Bonchev–Trinajstić information content (AvgIpc) is 2.96. The zero-order valence-corrected chi connectivity index (χ0v) is 13.9. The average molecular weight is 322 g/mol. The van der Waals surface area contributed by atoms with Crippen LogP contribution in [0.1, 0.15) is 10.4 Å². The summed E-state index contributed by atoms with van der Waals surface area (Å²) < 4.78 is 0. The Hall–Kier alpha value is -2.59. The molecule has 0 radical (unpaired) electrons. The van der Waals surface area contributed by atoms with Crippen molar-refractivity contribution in [2.24, 2.45) is 0 Å². The largest absolute Gasteiger partial charge is 0.390 e. The second-order valence-electron chi connectivity index (χ2n) is 5.53. The van der Waals surface area contributed by atoms with Crippen LogP contribution >= 0.6 is 11.3 Å². The van der Waals surface area contributed by atoms with Crippen molar-refractivity contribution in [3.8, 4) is 22.3 Å². The van der Waals surface area contributed by atoms with Gasteiger partial charge < -0.3 is 10.6 Å². The molecule has 0 saturated heterocycles. The smallest absolute Gasteiger partial charge is 0.256 e. The molecule has 0 aliphatic heterocycles. The normalized spacial score (nSPS) is 10.5. The van der Waals surface area contributed by atoms with Crippen LogP contribution in [0.4, 0.5) is 5.00 Å².